The summed E-state index contributed by atoms with van der Waals surface area (Å²) in [4.78, 5) is 28.3. The molecule has 2 atom stereocenters. The van der Waals surface area contributed by atoms with Crippen molar-refractivity contribution < 1.29 is 18.4 Å². The van der Waals surface area contributed by atoms with Gasteiger partial charge >= 0.3 is 0 Å². The van der Waals surface area contributed by atoms with Crippen molar-refractivity contribution in [3.63, 3.8) is 0 Å². The van der Waals surface area contributed by atoms with Gasteiger partial charge in [0.1, 0.15) is 5.58 Å². The Labute approximate surface area is 215 Å². The largest absolute Gasteiger partial charge is 0.464 e. The fourth-order valence-corrected chi connectivity index (χ4v) is 6.20. The van der Waals surface area contributed by atoms with Crippen molar-refractivity contribution in [3.8, 4) is 0 Å². The fraction of sp³-hybridized carbons (Fsp3) is 0.333. The summed E-state index contributed by atoms with van der Waals surface area (Å²) in [5, 5.41) is 3.81. The summed E-state index contributed by atoms with van der Waals surface area (Å²) in [5.74, 6) is 0.0461. The van der Waals surface area contributed by atoms with Gasteiger partial charge in [-0.15, -0.1) is 0 Å². The maximum atomic E-state index is 13.0. The number of hydrogen-bond acceptors (Lipinski definition) is 6. The van der Waals surface area contributed by atoms with Crippen molar-refractivity contribution in [1.82, 2.24) is 10.2 Å². The highest BCUT2D eigenvalue weighted by Crippen LogP contribution is 2.52. The summed E-state index contributed by atoms with van der Waals surface area (Å²) in [6, 6.07) is 18.8. The summed E-state index contributed by atoms with van der Waals surface area (Å²) in [6.45, 7) is 4.71. The lowest BCUT2D eigenvalue weighted by molar-refractivity contribution is -0.0336. The molecular formula is C30H30N2O5. The molecule has 6 rings (SSSR count). The second-order valence-corrected chi connectivity index (χ2v) is 9.91. The predicted octanol–water partition coefficient (Wildman–Crippen LogP) is 4.81. The van der Waals surface area contributed by atoms with Crippen molar-refractivity contribution in [2.75, 3.05) is 19.7 Å². The van der Waals surface area contributed by atoms with Crippen LogP contribution in [0.3, 0.4) is 0 Å². The standard InChI is InChI=1S/C30H30N2O5/c1-2-35-28-26(31-29(34)25-12-7-17-36-25)21-8-3-5-10-23(21)30(28)13-15-32(16-14-30)18-20-19-37-24-11-6-4-9-22(24)27(20)33/h3-12,17,19,26,28H,2,13-16,18H2,1H3,(H,31,34)/t26-,28+/m0/s1. The maximum absolute atomic E-state index is 13.0. The van der Waals surface area contributed by atoms with E-state index in [1.165, 1.54) is 11.8 Å². The summed E-state index contributed by atoms with van der Waals surface area (Å²) in [6.07, 6.45) is 4.64. The minimum absolute atomic E-state index is 0.0289. The van der Waals surface area contributed by atoms with Crippen LogP contribution in [0, 0.1) is 0 Å². The molecule has 2 aromatic carbocycles. The number of benzene rings is 2. The van der Waals surface area contributed by atoms with Crippen molar-refractivity contribution in [3.05, 3.63) is 106 Å². The lowest BCUT2D eigenvalue weighted by Gasteiger charge is -2.44. The highest BCUT2D eigenvalue weighted by Gasteiger charge is 2.54. The van der Waals surface area contributed by atoms with E-state index >= 15 is 0 Å². The highest BCUT2D eigenvalue weighted by atomic mass is 16.5. The number of hydrogen-bond donors (Lipinski definition) is 1. The number of carbonyl (C=O) groups is 1. The minimum Gasteiger partial charge on any atom is -0.464 e. The quantitative estimate of drug-likeness (QED) is 0.411. The van der Waals surface area contributed by atoms with Gasteiger partial charge in [-0.05, 0) is 68.2 Å². The first-order chi connectivity index (χ1) is 18.1. The zero-order valence-electron chi connectivity index (χ0n) is 20.8. The molecule has 0 radical (unpaired) electrons. The van der Waals surface area contributed by atoms with Gasteiger partial charge in [0.25, 0.3) is 5.91 Å². The Morgan fingerprint density at radius 1 is 1.05 bits per heavy atom. The molecule has 2 aromatic heterocycles. The van der Waals surface area contributed by atoms with Gasteiger partial charge in [0.2, 0.25) is 0 Å². The Morgan fingerprint density at radius 2 is 1.84 bits per heavy atom. The van der Waals surface area contributed by atoms with Gasteiger partial charge in [-0.3, -0.25) is 14.5 Å². The number of amides is 1. The Hall–Kier alpha value is -3.68. The minimum atomic E-state index is -0.271. The van der Waals surface area contributed by atoms with Gasteiger partial charge in [-0.1, -0.05) is 36.4 Å². The van der Waals surface area contributed by atoms with Crippen LogP contribution in [-0.4, -0.2) is 36.6 Å². The SMILES string of the molecule is CCO[C@@H]1[C@@H](NC(=O)c2ccco2)c2ccccc2C12CCN(Cc1coc3ccccc3c1=O)CC2. The molecule has 2 aliphatic rings. The summed E-state index contributed by atoms with van der Waals surface area (Å²) < 4.78 is 17.5. The molecule has 1 fully saturated rings. The second kappa shape index (κ2) is 9.65. The number of likely N-dealkylation sites (tertiary alicyclic amines) is 1. The van der Waals surface area contributed by atoms with Crippen molar-refractivity contribution >= 4 is 16.9 Å². The molecule has 7 nitrogen and oxygen atoms in total. The molecule has 3 heterocycles. The van der Waals surface area contributed by atoms with E-state index < -0.39 is 0 Å². The van der Waals surface area contributed by atoms with Crippen molar-refractivity contribution in [2.45, 2.75) is 43.9 Å². The lowest BCUT2D eigenvalue weighted by atomic mass is 9.71. The Bertz CT molecular complexity index is 1470. The van der Waals surface area contributed by atoms with E-state index in [2.05, 4.69) is 28.4 Å². The van der Waals surface area contributed by atoms with Gasteiger partial charge in [-0.25, -0.2) is 0 Å². The first kappa shape index (κ1) is 23.7. The number of carbonyl (C=O) groups excluding carboxylic acids is 1. The summed E-state index contributed by atoms with van der Waals surface area (Å²) >= 11 is 0. The summed E-state index contributed by atoms with van der Waals surface area (Å²) in [5.41, 5.74) is 3.43. The van der Waals surface area contributed by atoms with Crippen LogP contribution in [0.25, 0.3) is 11.0 Å². The smallest absolute Gasteiger partial charge is 0.287 e. The van der Waals surface area contributed by atoms with E-state index in [0.29, 0.717) is 29.7 Å². The van der Waals surface area contributed by atoms with Crippen LogP contribution in [0.5, 0.6) is 0 Å². The number of furan rings is 1. The molecule has 190 valence electrons. The van der Waals surface area contributed by atoms with E-state index in [1.54, 1.807) is 18.4 Å². The van der Waals surface area contributed by atoms with Crippen molar-refractivity contribution in [2.24, 2.45) is 0 Å². The molecule has 1 saturated heterocycles. The molecule has 37 heavy (non-hydrogen) atoms. The normalized spacial score (nSPS) is 20.8. The molecule has 1 N–H and O–H groups in total. The van der Waals surface area contributed by atoms with Gasteiger partial charge in [0, 0.05) is 24.1 Å². The van der Waals surface area contributed by atoms with Crippen LogP contribution in [0.1, 0.15) is 53.1 Å². The number of piperidine rings is 1. The zero-order valence-corrected chi connectivity index (χ0v) is 20.8. The molecule has 0 unspecified atom stereocenters. The predicted molar refractivity (Wildman–Crippen MR) is 139 cm³/mol. The average Bonchev–Trinajstić information content (AvgIpc) is 3.55. The molecular weight excluding hydrogens is 468 g/mol. The topological polar surface area (TPSA) is 84.9 Å². The third kappa shape index (κ3) is 4.08. The third-order valence-electron chi connectivity index (χ3n) is 7.95. The van der Waals surface area contributed by atoms with Gasteiger partial charge in [0.15, 0.2) is 11.2 Å². The fourth-order valence-electron chi connectivity index (χ4n) is 6.20. The number of ether oxygens (including phenoxy) is 1. The van der Waals surface area contributed by atoms with Crippen molar-refractivity contribution in [1.29, 1.82) is 0 Å². The van der Waals surface area contributed by atoms with Crippen LogP contribution in [0.2, 0.25) is 0 Å². The molecule has 7 heteroatoms. The Balaban J connectivity index is 1.26. The number of para-hydroxylation sites is 1. The van der Waals surface area contributed by atoms with E-state index in [-0.39, 0.29) is 34.7 Å². The molecule has 0 saturated carbocycles. The maximum Gasteiger partial charge on any atom is 0.287 e. The van der Waals surface area contributed by atoms with Gasteiger partial charge in [0.05, 0.1) is 30.1 Å². The average molecular weight is 499 g/mol. The number of nitrogens with zero attached hydrogens (tertiary/aromatic N) is 1. The van der Waals surface area contributed by atoms with E-state index in [0.717, 1.165) is 31.5 Å². The van der Waals surface area contributed by atoms with Crippen LogP contribution in [-0.2, 0) is 16.7 Å². The highest BCUT2D eigenvalue weighted by molar-refractivity contribution is 5.91. The van der Waals surface area contributed by atoms with Crippen LogP contribution in [0.4, 0.5) is 0 Å². The van der Waals surface area contributed by atoms with Crippen LogP contribution < -0.4 is 10.7 Å². The zero-order chi connectivity index (χ0) is 25.4. The summed E-state index contributed by atoms with van der Waals surface area (Å²) in [7, 11) is 0. The van der Waals surface area contributed by atoms with Crippen LogP contribution >= 0.6 is 0 Å². The Morgan fingerprint density at radius 3 is 2.62 bits per heavy atom. The van der Waals surface area contributed by atoms with E-state index in [4.69, 9.17) is 13.6 Å². The number of rotatable bonds is 6. The van der Waals surface area contributed by atoms with E-state index in [9.17, 15) is 9.59 Å². The molecule has 1 spiro atoms. The van der Waals surface area contributed by atoms with Crippen LogP contribution in [0.15, 0.2) is 86.8 Å². The molecule has 1 aliphatic heterocycles. The lowest BCUT2D eigenvalue weighted by Crippen LogP contribution is -2.50. The Kier molecular flexibility index (Phi) is 6.18. The number of nitrogens with one attached hydrogen (secondary N) is 1. The monoisotopic (exact) mass is 498 g/mol. The molecule has 4 aromatic rings. The van der Waals surface area contributed by atoms with Gasteiger partial charge < -0.3 is 18.9 Å². The third-order valence-corrected chi connectivity index (χ3v) is 7.95. The second-order valence-electron chi connectivity index (χ2n) is 9.91. The van der Waals surface area contributed by atoms with Gasteiger partial charge in [-0.2, -0.15) is 0 Å². The first-order valence-corrected chi connectivity index (χ1v) is 12.9. The van der Waals surface area contributed by atoms with E-state index in [1.807, 2.05) is 37.3 Å². The molecule has 1 amide bonds. The molecule has 1 aliphatic carbocycles. The first-order valence-electron chi connectivity index (χ1n) is 12.9. The molecule has 0 bridgehead atoms. The number of fused-ring (bicyclic) bond motifs is 3.